The predicted octanol–water partition coefficient (Wildman–Crippen LogP) is 0.986. The first-order valence-corrected chi connectivity index (χ1v) is 6.52. The molecule has 0 unspecified atom stereocenters. The molecule has 0 aliphatic carbocycles. The Morgan fingerprint density at radius 1 is 0.810 bits per heavy atom. The predicted molar refractivity (Wildman–Crippen MR) is 69.8 cm³/mol. The monoisotopic (exact) mass is 300 g/mol. The van der Waals surface area contributed by atoms with Gasteiger partial charge in [-0.05, 0) is 41.5 Å². The number of carbonyl (C=O) groups excluding carboxylic acids is 4. The van der Waals surface area contributed by atoms with Crippen molar-refractivity contribution in [2.75, 3.05) is 0 Å². The second kappa shape index (κ2) is 5.46. The molecule has 118 valence electrons. The Kier molecular flexibility index (Phi) is 4.45. The fourth-order valence-electron chi connectivity index (χ4n) is 1.27. The molecule has 0 bridgehead atoms. The lowest BCUT2D eigenvalue weighted by molar-refractivity contribution is -0.178. The Morgan fingerprint density at radius 3 is 1.33 bits per heavy atom. The molecule has 0 saturated carbocycles. The summed E-state index contributed by atoms with van der Waals surface area (Å²) in [7, 11) is 0. The molecular weight excluding hydrogens is 280 g/mol. The lowest BCUT2D eigenvalue weighted by Gasteiger charge is -2.23. The van der Waals surface area contributed by atoms with E-state index < -0.39 is 46.9 Å². The van der Waals surface area contributed by atoms with Crippen molar-refractivity contribution < 1.29 is 33.4 Å². The third-order valence-corrected chi connectivity index (χ3v) is 2.63. The number of hydrogen-bond donors (Lipinski definition) is 0. The molecule has 0 amide bonds. The maximum atomic E-state index is 11.8. The molecule has 7 nitrogen and oxygen atoms in total. The molecule has 2 atom stereocenters. The molecule has 21 heavy (non-hydrogen) atoms. The first-order valence-electron chi connectivity index (χ1n) is 6.52. The molecule has 1 aliphatic rings. The van der Waals surface area contributed by atoms with Crippen molar-refractivity contribution in [3.05, 3.63) is 0 Å². The van der Waals surface area contributed by atoms with Crippen molar-refractivity contribution in [2.45, 2.75) is 53.8 Å². The van der Waals surface area contributed by atoms with E-state index in [9.17, 15) is 19.2 Å². The van der Waals surface area contributed by atoms with E-state index in [1.54, 1.807) is 41.5 Å². The van der Waals surface area contributed by atoms with Gasteiger partial charge in [-0.1, -0.05) is 0 Å². The van der Waals surface area contributed by atoms with Gasteiger partial charge in [-0.25, -0.2) is 9.59 Å². The normalized spacial score (nSPS) is 22.8. The number of esters is 4. The van der Waals surface area contributed by atoms with Gasteiger partial charge >= 0.3 is 23.9 Å². The van der Waals surface area contributed by atoms with Crippen LogP contribution in [-0.2, 0) is 33.4 Å². The Labute approximate surface area is 122 Å². The van der Waals surface area contributed by atoms with Crippen molar-refractivity contribution in [3.63, 3.8) is 0 Å². The SMILES string of the molecule is CC(C)(C)C(=O)O[C@@H]1C(=O)OC(=O)[C@H]1OC(=O)C(C)(C)C. The number of cyclic esters (lactones) is 2. The molecule has 1 aliphatic heterocycles. The molecule has 7 heteroatoms. The van der Waals surface area contributed by atoms with Crippen LogP contribution in [0.5, 0.6) is 0 Å². The van der Waals surface area contributed by atoms with E-state index in [1.165, 1.54) is 0 Å². The summed E-state index contributed by atoms with van der Waals surface area (Å²) in [6, 6.07) is 0. The van der Waals surface area contributed by atoms with Gasteiger partial charge in [-0.15, -0.1) is 0 Å². The van der Waals surface area contributed by atoms with Crippen LogP contribution in [-0.4, -0.2) is 36.1 Å². The van der Waals surface area contributed by atoms with Crippen LogP contribution in [0, 0.1) is 10.8 Å². The van der Waals surface area contributed by atoms with Crippen LogP contribution in [0.2, 0.25) is 0 Å². The average molecular weight is 300 g/mol. The highest BCUT2D eigenvalue weighted by Crippen LogP contribution is 2.25. The summed E-state index contributed by atoms with van der Waals surface area (Å²) < 4.78 is 14.3. The van der Waals surface area contributed by atoms with Crippen LogP contribution in [0.3, 0.4) is 0 Å². The molecule has 0 aromatic heterocycles. The van der Waals surface area contributed by atoms with Gasteiger partial charge in [0.15, 0.2) is 0 Å². The standard InChI is InChI=1S/C14H20O7/c1-13(2,3)11(17)19-7-8(10(16)21-9(7)15)20-12(18)14(4,5)6/h7-8H,1-6H3/t7-,8-/m0/s1. The van der Waals surface area contributed by atoms with E-state index in [4.69, 9.17) is 9.47 Å². The molecule has 1 heterocycles. The summed E-state index contributed by atoms with van der Waals surface area (Å²) in [5.41, 5.74) is -1.74. The molecule has 0 spiro atoms. The molecule has 0 aromatic rings. The van der Waals surface area contributed by atoms with Crippen molar-refractivity contribution in [3.8, 4) is 0 Å². The quantitative estimate of drug-likeness (QED) is 0.426. The number of hydrogen-bond acceptors (Lipinski definition) is 7. The third-order valence-electron chi connectivity index (χ3n) is 2.63. The summed E-state index contributed by atoms with van der Waals surface area (Å²) in [5, 5.41) is 0. The maximum absolute atomic E-state index is 11.8. The number of ether oxygens (including phenoxy) is 3. The molecule has 0 N–H and O–H groups in total. The molecule has 0 aromatic carbocycles. The van der Waals surface area contributed by atoms with Gasteiger partial charge in [-0.3, -0.25) is 9.59 Å². The van der Waals surface area contributed by atoms with Crippen molar-refractivity contribution >= 4 is 23.9 Å². The van der Waals surface area contributed by atoms with Crippen LogP contribution >= 0.6 is 0 Å². The topological polar surface area (TPSA) is 96.0 Å². The lowest BCUT2D eigenvalue weighted by atomic mass is 9.97. The van der Waals surface area contributed by atoms with Gasteiger partial charge < -0.3 is 14.2 Å². The van der Waals surface area contributed by atoms with Gasteiger partial charge in [-0.2, -0.15) is 0 Å². The van der Waals surface area contributed by atoms with Crippen molar-refractivity contribution in [2.24, 2.45) is 10.8 Å². The Bertz CT molecular complexity index is 435. The van der Waals surface area contributed by atoms with Gasteiger partial charge in [0.1, 0.15) is 0 Å². The molecule has 1 rings (SSSR count). The Hall–Kier alpha value is -1.92. The average Bonchev–Trinajstić information content (AvgIpc) is 2.53. The van der Waals surface area contributed by atoms with Gasteiger partial charge in [0.05, 0.1) is 10.8 Å². The van der Waals surface area contributed by atoms with E-state index in [0.29, 0.717) is 0 Å². The van der Waals surface area contributed by atoms with E-state index in [1.807, 2.05) is 0 Å². The van der Waals surface area contributed by atoms with Gasteiger partial charge in [0, 0.05) is 0 Å². The van der Waals surface area contributed by atoms with Crippen molar-refractivity contribution in [1.82, 2.24) is 0 Å². The van der Waals surface area contributed by atoms with E-state index in [0.717, 1.165) is 0 Å². The summed E-state index contributed by atoms with van der Waals surface area (Å²) in [4.78, 5) is 46.8. The minimum Gasteiger partial charge on any atom is -0.445 e. The minimum absolute atomic E-state index is 0.698. The third kappa shape index (κ3) is 4.03. The second-order valence-electron chi connectivity index (χ2n) is 6.89. The number of rotatable bonds is 2. The number of carbonyl (C=O) groups is 4. The zero-order chi connectivity index (χ0) is 16.6. The van der Waals surface area contributed by atoms with Crippen LogP contribution in [0.4, 0.5) is 0 Å². The van der Waals surface area contributed by atoms with Gasteiger partial charge in [0.25, 0.3) is 0 Å². The van der Waals surface area contributed by atoms with E-state index in [-0.39, 0.29) is 0 Å². The second-order valence-corrected chi connectivity index (χ2v) is 6.89. The first-order chi connectivity index (χ1) is 9.34. The van der Waals surface area contributed by atoms with Crippen LogP contribution in [0.15, 0.2) is 0 Å². The van der Waals surface area contributed by atoms with Crippen LogP contribution in [0.1, 0.15) is 41.5 Å². The fraction of sp³-hybridized carbons (Fsp3) is 0.714. The largest absolute Gasteiger partial charge is 0.445 e. The molecular formula is C14H20O7. The highest BCUT2D eigenvalue weighted by molar-refractivity contribution is 6.01. The van der Waals surface area contributed by atoms with E-state index >= 15 is 0 Å². The Morgan fingerprint density at radius 2 is 1.10 bits per heavy atom. The highest BCUT2D eigenvalue weighted by atomic mass is 16.7. The van der Waals surface area contributed by atoms with Crippen LogP contribution < -0.4 is 0 Å². The minimum atomic E-state index is -1.56. The molecule has 1 saturated heterocycles. The summed E-state index contributed by atoms with van der Waals surface area (Å²) in [6.45, 7) is 9.55. The first kappa shape index (κ1) is 17.1. The maximum Gasteiger partial charge on any atom is 0.359 e. The highest BCUT2D eigenvalue weighted by Gasteiger charge is 2.51. The Balaban J connectivity index is 2.90. The fourth-order valence-corrected chi connectivity index (χ4v) is 1.27. The van der Waals surface area contributed by atoms with E-state index in [2.05, 4.69) is 4.74 Å². The van der Waals surface area contributed by atoms with Gasteiger partial charge in [0.2, 0.25) is 12.2 Å². The van der Waals surface area contributed by atoms with Crippen LogP contribution in [0.25, 0.3) is 0 Å². The lowest BCUT2D eigenvalue weighted by Crippen LogP contribution is -2.42. The zero-order valence-corrected chi connectivity index (χ0v) is 13.0. The smallest absolute Gasteiger partial charge is 0.359 e. The summed E-state index contributed by atoms with van der Waals surface area (Å²) in [5.74, 6) is -3.47. The molecule has 0 radical (unpaired) electrons. The summed E-state index contributed by atoms with van der Waals surface area (Å²) in [6.07, 6.45) is -3.12. The zero-order valence-electron chi connectivity index (χ0n) is 13.0. The summed E-state index contributed by atoms with van der Waals surface area (Å²) >= 11 is 0. The molecule has 1 fully saturated rings. The van der Waals surface area contributed by atoms with Crippen molar-refractivity contribution in [1.29, 1.82) is 0 Å².